The monoisotopic (exact) mass is 1360 g/mol. The maximum atomic E-state index is 18.6. The van der Waals surface area contributed by atoms with Gasteiger partial charge in [0.25, 0.3) is 0 Å². The molecule has 10 nitrogen and oxygen atoms in total. The van der Waals surface area contributed by atoms with E-state index >= 15 is 9.90 Å². The number of hydrogen-bond donors (Lipinski definition) is 8. The zero-order chi connectivity index (χ0) is 68.1. The van der Waals surface area contributed by atoms with Gasteiger partial charge in [0, 0.05) is 81.6 Å². The average molecular weight is 1360 g/mol. The van der Waals surface area contributed by atoms with Gasteiger partial charge in [-0.15, -0.1) is 5.92 Å². The lowest BCUT2D eigenvalue weighted by Gasteiger charge is -2.82. The topological polar surface area (TPSA) is 180 Å². The van der Waals surface area contributed by atoms with Crippen LogP contribution in [0.25, 0.3) is 5.57 Å². The molecule has 4 aromatic rings. The molecule has 8 spiro atoms. The van der Waals surface area contributed by atoms with Crippen LogP contribution in [0, 0.1) is 99.1 Å². The molecule has 1 aliphatic heterocycles. The molecule has 0 amide bonds. The molecule has 1 saturated heterocycles. The Labute approximate surface area is 598 Å². The first kappa shape index (κ1) is 60.4. The minimum absolute atomic E-state index is 0.0258. The first-order valence-corrected chi connectivity index (χ1v) is 40.1. The Balaban J connectivity index is 0.896. The number of carbonyl (C=O) groups excluding carboxylic acids is 1. The van der Waals surface area contributed by atoms with Crippen LogP contribution in [0.3, 0.4) is 0 Å². The van der Waals surface area contributed by atoms with Gasteiger partial charge in [0.1, 0.15) is 11.2 Å². The number of phenolic OH excluding ortho intramolecular Hbond substituents is 3. The highest BCUT2D eigenvalue weighted by molar-refractivity contribution is 5.96. The van der Waals surface area contributed by atoms with Gasteiger partial charge in [-0.05, 0) is 258 Å². The Kier molecular flexibility index (Phi) is 11.5. The number of methoxy groups -OCH3 is 1. The fourth-order valence-electron chi connectivity index (χ4n) is 32.4. The van der Waals surface area contributed by atoms with Crippen LogP contribution >= 0.6 is 0 Å². The zero-order valence-corrected chi connectivity index (χ0v) is 58.6. The number of nitrogens with one attached hydrogen (secondary N) is 1. The second kappa shape index (κ2) is 19.4. The molecule has 8 N–H and O–H groups in total. The van der Waals surface area contributed by atoms with Crippen molar-refractivity contribution in [3.05, 3.63) is 181 Å². The third-order valence-electron chi connectivity index (χ3n) is 35.1. The van der Waals surface area contributed by atoms with E-state index in [1.54, 1.807) is 18.7 Å². The maximum absolute atomic E-state index is 18.6. The summed E-state index contributed by atoms with van der Waals surface area (Å²) in [5.41, 5.74) is 12.8. The molecule has 7 saturated carbocycles. The van der Waals surface area contributed by atoms with Crippen molar-refractivity contribution in [2.24, 2.45) is 75.4 Å². The van der Waals surface area contributed by atoms with E-state index < -0.39 is 98.6 Å². The van der Waals surface area contributed by atoms with Gasteiger partial charge < -0.3 is 45.8 Å². The van der Waals surface area contributed by atoms with Crippen molar-refractivity contribution in [3.63, 3.8) is 0 Å². The molecule has 19 bridgehead atoms. The van der Waals surface area contributed by atoms with E-state index in [2.05, 4.69) is 90.5 Å². The Hall–Kier alpha value is -6.89. The van der Waals surface area contributed by atoms with Gasteiger partial charge in [-0.25, -0.2) is 0 Å². The molecular weight excluding hydrogens is 1260 g/mol. The van der Waals surface area contributed by atoms with Crippen molar-refractivity contribution >= 4 is 11.4 Å². The van der Waals surface area contributed by atoms with Gasteiger partial charge in [0.05, 0.1) is 37.4 Å². The number of rotatable bonds is 5. The van der Waals surface area contributed by atoms with Crippen molar-refractivity contribution in [2.75, 3.05) is 7.11 Å². The van der Waals surface area contributed by atoms with Gasteiger partial charge in [0.2, 0.25) is 0 Å². The smallest absolute Gasteiger partial charge is 0.160 e. The minimum Gasteiger partial charge on any atom is -0.504 e. The molecule has 520 valence electrons. The number of phenols is 3. The first-order chi connectivity index (χ1) is 49.6. The van der Waals surface area contributed by atoms with Crippen molar-refractivity contribution in [2.45, 2.75) is 230 Å². The lowest BCUT2D eigenvalue weighted by molar-refractivity contribution is -0.262. The maximum Gasteiger partial charge on any atom is 0.160 e. The number of aliphatic hydroxyl groups is 4. The quantitative estimate of drug-likeness (QED) is 0.0544. The lowest BCUT2D eigenvalue weighted by atomic mass is 9.23. The summed E-state index contributed by atoms with van der Waals surface area (Å²) in [6, 6.07) is 20.0. The zero-order valence-electron chi connectivity index (χ0n) is 58.6. The Bertz CT molecular complexity index is 4940. The van der Waals surface area contributed by atoms with E-state index in [1.165, 1.54) is 44.6 Å². The van der Waals surface area contributed by atoms with E-state index in [9.17, 15) is 30.6 Å². The van der Waals surface area contributed by atoms with Crippen LogP contribution in [0.4, 0.5) is 0 Å². The van der Waals surface area contributed by atoms with Crippen LogP contribution in [0.5, 0.6) is 23.0 Å². The van der Waals surface area contributed by atoms with Gasteiger partial charge in [-0.1, -0.05) is 134 Å². The molecule has 22 aliphatic rings. The summed E-state index contributed by atoms with van der Waals surface area (Å²) in [5.74, 6) is 12.7. The van der Waals surface area contributed by atoms with E-state index in [0.29, 0.717) is 55.6 Å². The van der Waals surface area contributed by atoms with E-state index in [0.717, 1.165) is 137 Å². The van der Waals surface area contributed by atoms with Crippen LogP contribution < -0.4 is 10.1 Å². The number of allylic oxidation sites excluding steroid dienone is 10. The van der Waals surface area contributed by atoms with Crippen molar-refractivity contribution < 1.29 is 45.3 Å². The number of fused-ring (bicyclic) bond motifs is 7. The van der Waals surface area contributed by atoms with Crippen LogP contribution in [0.15, 0.2) is 125 Å². The highest BCUT2D eigenvalue weighted by Gasteiger charge is 2.85. The summed E-state index contributed by atoms with van der Waals surface area (Å²) in [7, 11) is 1.55. The SMILES string of the molecule is COc1cc(C2CC(=O)C3C4C=CC56C#CCC7NC89CCC3(O)C(C7C#CC2Cc2ccccc2)C82c3cc(O)c(O)cc3C3CC2C27CC38CCCC8C=C2C2CC(O)C(=CC2=CC7C9)C23CCCCC2C2=C7C(=CC2)C2CCC8(CCCC8)C2(CC5O)c2c7c3cc4c26)c(CO)cc1O. The van der Waals surface area contributed by atoms with E-state index in [4.69, 9.17) is 10.1 Å². The third-order valence-corrected chi connectivity index (χ3v) is 35.1. The van der Waals surface area contributed by atoms with Gasteiger partial charge in [-0.3, -0.25) is 4.79 Å². The summed E-state index contributed by atoms with van der Waals surface area (Å²) in [6.07, 6.45) is 34.2. The molecule has 0 radical (unpaired) electrons. The molecule has 4 aromatic carbocycles. The fourth-order valence-corrected chi connectivity index (χ4v) is 32.4. The summed E-state index contributed by atoms with van der Waals surface area (Å²) in [5, 5.41) is 98.6. The van der Waals surface area contributed by atoms with Crippen LogP contribution in [0.1, 0.15) is 221 Å². The number of ether oxygens (including phenoxy) is 1. The number of aliphatic hydroxyl groups excluding tert-OH is 3. The van der Waals surface area contributed by atoms with Crippen LogP contribution in [-0.2, 0) is 39.5 Å². The lowest BCUT2D eigenvalue weighted by Crippen LogP contribution is -2.87. The van der Waals surface area contributed by atoms with E-state index in [1.807, 2.05) is 24.3 Å². The number of ketones is 1. The Morgan fingerprint density at radius 2 is 1.62 bits per heavy atom. The van der Waals surface area contributed by atoms with Gasteiger partial charge in [0.15, 0.2) is 23.0 Å². The number of aromatic hydroxyl groups is 3. The highest BCUT2D eigenvalue weighted by atomic mass is 16.5. The predicted octanol–water partition coefficient (Wildman–Crippen LogP) is 14.3. The molecule has 24 atom stereocenters. The molecule has 21 aliphatic carbocycles. The second-order valence-electron chi connectivity index (χ2n) is 37.3. The summed E-state index contributed by atoms with van der Waals surface area (Å²) in [4.78, 5) is 18.6. The normalized spacial score (nSPS) is 46.1. The van der Waals surface area contributed by atoms with Crippen molar-refractivity contribution in [3.8, 4) is 46.7 Å². The molecule has 24 unspecified atom stereocenters. The largest absolute Gasteiger partial charge is 0.504 e. The molecule has 0 aromatic heterocycles. The molecular formula is C92H93NO9. The first-order valence-electron chi connectivity index (χ1n) is 40.1. The summed E-state index contributed by atoms with van der Waals surface area (Å²) in [6.45, 7) is -0.399. The fraction of sp³-hybridized carbons (Fsp3) is 0.554. The van der Waals surface area contributed by atoms with Crippen LogP contribution in [0.2, 0.25) is 0 Å². The third kappa shape index (κ3) is 6.44. The number of piperidine rings is 1. The summed E-state index contributed by atoms with van der Waals surface area (Å²) >= 11 is 0. The van der Waals surface area contributed by atoms with Gasteiger partial charge >= 0.3 is 0 Å². The standard InChI is InChI=1S/C92H93NO9/c1-102-75-40-58(50(45-94)34-73(75)98)57-37-74(99)80-53-20-28-85-24-10-15-69-56(17-16-48(57)31-47-11-3-2-4-12-47)83-91(80,101)30-29-87(93-69)43-52-32-49-33-67(70(95)38-59(49)65-35-51-13-9-25-86(51)46-89(52,65)76-42-64(86)61-39-71(96)72(97)41-66(61)92(76,83)87)88-26-6-5-14-62(88)54-18-19-55-63-21-27-84(22-7-8-23-84)90(63,44-77(85)100)82-79(78(54)55)68(88)36-60(53)81(82)85/h2-4,11-12,19-20,28,32-36,39-41,48,51-53,56-57,59,62-64,69-70,76-77,80,83,93-98,100-101H,5-9,13-15,18,21-23,25-27,29-31,37-38,42-46H2,1H3. The molecule has 1 heterocycles. The highest BCUT2D eigenvalue weighted by Crippen LogP contribution is 2.87. The molecule has 102 heavy (non-hydrogen) atoms. The number of carbonyl (C=O) groups is 1. The second-order valence-corrected chi connectivity index (χ2v) is 37.3. The Morgan fingerprint density at radius 1 is 0.765 bits per heavy atom. The predicted molar refractivity (Wildman–Crippen MR) is 386 cm³/mol. The van der Waals surface area contributed by atoms with Crippen molar-refractivity contribution in [1.82, 2.24) is 5.32 Å². The molecule has 10 heteroatoms. The number of benzene rings is 4. The molecule has 26 rings (SSSR count). The minimum atomic E-state index is -1.80. The number of hydrogen-bond acceptors (Lipinski definition) is 10. The molecule has 8 fully saturated rings. The Morgan fingerprint density at radius 3 is 2.47 bits per heavy atom. The van der Waals surface area contributed by atoms with Crippen molar-refractivity contribution in [1.29, 1.82) is 0 Å². The van der Waals surface area contributed by atoms with Crippen LogP contribution in [-0.4, -0.2) is 78.0 Å². The average Bonchev–Trinajstić information content (AvgIpc) is 0.706. The van der Waals surface area contributed by atoms with E-state index in [-0.39, 0.29) is 81.5 Å². The van der Waals surface area contributed by atoms with Gasteiger partial charge in [-0.2, -0.15) is 0 Å². The summed E-state index contributed by atoms with van der Waals surface area (Å²) < 4.78 is 5.99. The number of Topliss-reactive ketones (excluding diaryl/α,β-unsaturated/α-hetero) is 1.